The van der Waals surface area contributed by atoms with Crippen molar-refractivity contribution >= 4 is 17.5 Å². The smallest absolute Gasteiger partial charge is 0.252 e. The highest BCUT2D eigenvalue weighted by atomic mass is 35.5. The molecular formula is C21H22ClN3O3. The average Bonchev–Trinajstić information content (AvgIpc) is 3.08. The van der Waals surface area contributed by atoms with Crippen LogP contribution in [0, 0.1) is 0 Å². The standard InChI is InChI=1S/C21H22ClN3O3/c1-28-19-7-3-5-14(12-26)16(19)8-9-17-20(21(23)27)18(25-24-17)11-13-4-2-6-15(22)10-13/h2-7,10,26H,8-9,11-12H2,1H3,(H2,23,27)(H,24,25). The first-order chi connectivity index (χ1) is 13.5. The molecule has 6 nitrogen and oxygen atoms in total. The fourth-order valence-corrected chi connectivity index (χ4v) is 3.56. The number of aliphatic hydroxyl groups is 1. The number of benzene rings is 2. The van der Waals surface area contributed by atoms with Crippen LogP contribution in [-0.4, -0.2) is 28.3 Å². The lowest BCUT2D eigenvalue weighted by atomic mass is 9.98. The minimum atomic E-state index is -0.525. The number of aryl methyl sites for hydroxylation is 1. The second-order valence-corrected chi connectivity index (χ2v) is 6.89. The number of aliphatic hydroxyl groups excluding tert-OH is 1. The molecule has 3 aromatic rings. The van der Waals surface area contributed by atoms with Gasteiger partial charge in [0, 0.05) is 11.4 Å². The van der Waals surface area contributed by atoms with Gasteiger partial charge in [-0.25, -0.2) is 0 Å². The van der Waals surface area contributed by atoms with Gasteiger partial charge < -0.3 is 15.6 Å². The first kappa shape index (κ1) is 19.9. The first-order valence-corrected chi connectivity index (χ1v) is 9.27. The largest absolute Gasteiger partial charge is 0.496 e. The quantitative estimate of drug-likeness (QED) is 0.541. The van der Waals surface area contributed by atoms with E-state index in [0.717, 1.165) is 16.7 Å². The summed E-state index contributed by atoms with van der Waals surface area (Å²) in [6.45, 7) is -0.0875. The summed E-state index contributed by atoms with van der Waals surface area (Å²) in [5.74, 6) is 0.171. The van der Waals surface area contributed by atoms with Crippen LogP contribution >= 0.6 is 11.6 Å². The zero-order chi connectivity index (χ0) is 20.1. The maximum absolute atomic E-state index is 12.1. The Labute approximate surface area is 168 Å². The Hall–Kier alpha value is -2.83. The number of aromatic nitrogens is 2. The van der Waals surface area contributed by atoms with Gasteiger partial charge >= 0.3 is 0 Å². The molecule has 0 radical (unpaired) electrons. The predicted molar refractivity (Wildman–Crippen MR) is 108 cm³/mol. The van der Waals surface area contributed by atoms with Crippen molar-refractivity contribution in [3.8, 4) is 5.75 Å². The molecule has 0 unspecified atom stereocenters. The number of methoxy groups -OCH3 is 1. The lowest BCUT2D eigenvalue weighted by molar-refractivity contribution is 0.0998. The number of primary amides is 1. The zero-order valence-corrected chi connectivity index (χ0v) is 16.3. The topological polar surface area (TPSA) is 101 Å². The number of hydrogen-bond acceptors (Lipinski definition) is 4. The van der Waals surface area contributed by atoms with Crippen molar-refractivity contribution in [3.63, 3.8) is 0 Å². The van der Waals surface area contributed by atoms with Crippen LogP contribution in [0.25, 0.3) is 0 Å². The van der Waals surface area contributed by atoms with Gasteiger partial charge in [-0.15, -0.1) is 0 Å². The van der Waals surface area contributed by atoms with Crippen LogP contribution in [-0.2, 0) is 25.9 Å². The molecule has 0 spiro atoms. The van der Waals surface area contributed by atoms with Gasteiger partial charge in [0.15, 0.2) is 0 Å². The molecule has 4 N–H and O–H groups in total. The summed E-state index contributed by atoms with van der Waals surface area (Å²) in [6.07, 6.45) is 1.52. The maximum atomic E-state index is 12.1. The fourth-order valence-electron chi connectivity index (χ4n) is 3.35. The summed E-state index contributed by atoms with van der Waals surface area (Å²) < 4.78 is 5.41. The molecule has 0 aliphatic carbocycles. The van der Waals surface area contributed by atoms with Crippen molar-refractivity contribution in [2.24, 2.45) is 5.73 Å². The van der Waals surface area contributed by atoms with E-state index in [4.69, 9.17) is 22.1 Å². The number of H-pyrrole nitrogens is 1. The number of nitrogens with zero attached hydrogens (tertiary/aromatic N) is 1. The molecule has 0 fully saturated rings. The number of nitrogens with two attached hydrogens (primary N) is 1. The van der Waals surface area contributed by atoms with Gasteiger partial charge in [-0.1, -0.05) is 35.9 Å². The molecule has 1 heterocycles. The van der Waals surface area contributed by atoms with Crippen LogP contribution in [0.5, 0.6) is 5.75 Å². The summed E-state index contributed by atoms with van der Waals surface area (Å²) in [4.78, 5) is 12.1. The van der Waals surface area contributed by atoms with E-state index < -0.39 is 5.91 Å². The summed E-state index contributed by atoms with van der Waals surface area (Å²) >= 11 is 6.04. The Morgan fingerprint density at radius 2 is 2.04 bits per heavy atom. The maximum Gasteiger partial charge on any atom is 0.252 e. The van der Waals surface area contributed by atoms with Crippen molar-refractivity contribution in [2.75, 3.05) is 7.11 Å². The van der Waals surface area contributed by atoms with Crippen molar-refractivity contribution in [3.05, 3.63) is 81.1 Å². The monoisotopic (exact) mass is 399 g/mol. The van der Waals surface area contributed by atoms with Gasteiger partial charge in [-0.3, -0.25) is 9.89 Å². The summed E-state index contributed by atoms with van der Waals surface area (Å²) in [7, 11) is 1.59. The number of nitrogens with one attached hydrogen (secondary N) is 1. The fraction of sp³-hybridized carbons (Fsp3) is 0.238. The van der Waals surface area contributed by atoms with Gasteiger partial charge in [0.2, 0.25) is 0 Å². The molecule has 0 aliphatic rings. The minimum absolute atomic E-state index is 0.0875. The minimum Gasteiger partial charge on any atom is -0.496 e. The molecule has 2 aromatic carbocycles. The molecule has 28 heavy (non-hydrogen) atoms. The molecule has 0 bridgehead atoms. The van der Waals surface area contributed by atoms with Crippen LogP contribution < -0.4 is 10.5 Å². The van der Waals surface area contributed by atoms with E-state index in [1.54, 1.807) is 13.2 Å². The summed E-state index contributed by atoms with van der Waals surface area (Å²) in [6, 6.07) is 13.0. The third-order valence-corrected chi connectivity index (χ3v) is 4.90. The molecule has 146 valence electrons. The molecule has 1 amide bonds. The Morgan fingerprint density at radius 1 is 1.25 bits per heavy atom. The highest BCUT2D eigenvalue weighted by molar-refractivity contribution is 6.30. The molecule has 0 saturated carbocycles. The normalized spacial score (nSPS) is 10.8. The predicted octanol–water partition coefficient (Wildman–Crippen LogP) is 3.04. The van der Waals surface area contributed by atoms with Crippen LogP contribution in [0.4, 0.5) is 0 Å². The van der Waals surface area contributed by atoms with Crippen LogP contribution in [0.2, 0.25) is 5.02 Å². The molecule has 3 rings (SSSR count). The van der Waals surface area contributed by atoms with Crippen molar-refractivity contribution in [1.29, 1.82) is 0 Å². The van der Waals surface area contributed by atoms with Crippen LogP contribution in [0.3, 0.4) is 0 Å². The number of hydrogen-bond donors (Lipinski definition) is 3. The first-order valence-electron chi connectivity index (χ1n) is 8.89. The van der Waals surface area contributed by atoms with Gasteiger partial charge in [-0.05, 0) is 47.7 Å². The van der Waals surface area contributed by atoms with Crippen LogP contribution in [0.1, 0.15) is 38.4 Å². The third kappa shape index (κ3) is 4.35. The van der Waals surface area contributed by atoms with Crippen molar-refractivity contribution < 1.29 is 14.6 Å². The lowest BCUT2D eigenvalue weighted by Gasteiger charge is -2.12. The molecule has 0 atom stereocenters. The zero-order valence-electron chi connectivity index (χ0n) is 15.5. The number of carbonyl (C=O) groups excluding carboxylic acids is 1. The van der Waals surface area contributed by atoms with Gasteiger partial charge in [0.1, 0.15) is 5.75 Å². The Morgan fingerprint density at radius 3 is 2.71 bits per heavy atom. The second kappa shape index (κ2) is 8.91. The Balaban J connectivity index is 1.86. The van der Waals surface area contributed by atoms with Crippen molar-refractivity contribution in [1.82, 2.24) is 10.2 Å². The van der Waals surface area contributed by atoms with E-state index in [-0.39, 0.29) is 6.61 Å². The number of carbonyl (C=O) groups is 1. The van der Waals surface area contributed by atoms with E-state index in [9.17, 15) is 9.90 Å². The molecule has 0 aliphatic heterocycles. The van der Waals surface area contributed by atoms with Gasteiger partial charge in [0.05, 0.1) is 30.7 Å². The third-order valence-electron chi connectivity index (χ3n) is 4.66. The van der Waals surface area contributed by atoms with Gasteiger partial charge in [-0.2, -0.15) is 5.10 Å². The van der Waals surface area contributed by atoms with Crippen molar-refractivity contribution in [2.45, 2.75) is 25.9 Å². The molecule has 0 saturated heterocycles. The van der Waals surface area contributed by atoms with E-state index >= 15 is 0 Å². The van der Waals surface area contributed by atoms with E-state index in [1.165, 1.54) is 0 Å². The summed E-state index contributed by atoms with van der Waals surface area (Å²) in [5.41, 5.74) is 9.93. The lowest BCUT2D eigenvalue weighted by Crippen LogP contribution is -2.15. The van der Waals surface area contributed by atoms with E-state index in [1.807, 2.05) is 36.4 Å². The SMILES string of the molecule is COc1cccc(CO)c1CCc1n[nH]c(Cc2cccc(Cl)c2)c1C(N)=O. The summed E-state index contributed by atoms with van der Waals surface area (Å²) in [5, 5.41) is 17.5. The van der Waals surface area contributed by atoms with Crippen LogP contribution in [0.15, 0.2) is 42.5 Å². The number of rotatable bonds is 8. The molecular weight excluding hydrogens is 378 g/mol. The Kier molecular flexibility index (Phi) is 6.34. The molecule has 1 aromatic heterocycles. The van der Waals surface area contributed by atoms with E-state index in [2.05, 4.69) is 10.2 Å². The number of amides is 1. The number of aromatic amines is 1. The Bertz CT molecular complexity index is 963. The second-order valence-electron chi connectivity index (χ2n) is 6.45. The number of halogens is 1. The highest BCUT2D eigenvalue weighted by Crippen LogP contribution is 2.25. The molecule has 7 heteroatoms. The van der Waals surface area contributed by atoms with Gasteiger partial charge in [0.25, 0.3) is 5.91 Å². The average molecular weight is 400 g/mol. The number of ether oxygens (including phenoxy) is 1. The van der Waals surface area contributed by atoms with E-state index in [0.29, 0.717) is 47.0 Å². The highest BCUT2D eigenvalue weighted by Gasteiger charge is 2.19.